The van der Waals surface area contributed by atoms with Gasteiger partial charge in [-0.25, -0.2) is 0 Å². The molecule has 0 aliphatic heterocycles. The molecule has 2 nitrogen and oxygen atoms in total. The molecule has 0 aromatic heterocycles. The number of rotatable bonds is 4. The van der Waals surface area contributed by atoms with Gasteiger partial charge in [-0.2, -0.15) is 0 Å². The molecule has 3 N–H and O–H groups in total. The molecule has 0 saturated carbocycles. The molecule has 1 unspecified atom stereocenters. The van der Waals surface area contributed by atoms with E-state index in [9.17, 15) is 0 Å². The summed E-state index contributed by atoms with van der Waals surface area (Å²) in [7, 11) is 0. The van der Waals surface area contributed by atoms with Crippen LogP contribution >= 0.6 is 0 Å². The first-order valence-corrected chi connectivity index (χ1v) is 4.68. The lowest BCUT2D eigenvalue weighted by Gasteiger charge is -2.05. The van der Waals surface area contributed by atoms with Crippen molar-refractivity contribution < 1.29 is 5.11 Å². The second-order valence-electron chi connectivity index (χ2n) is 3.41. The van der Waals surface area contributed by atoms with Crippen molar-refractivity contribution in [2.45, 2.75) is 25.9 Å². The summed E-state index contributed by atoms with van der Waals surface area (Å²) in [6.07, 6.45) is 1.39. The fourth-order valence-electron chi connectivity index (χ4n) is 1.35. The molecule has 1 atom stereocenters. The molecule has 0 aliphatic carbocycles. The van der Waals surface area contributed by atoms with Gasteiger partial charge in [-0.1, -0.05) is 24.3 Å². The zero-order valence-electron chi connectivity index (χ0n) is 8.03. The molecular formula is C11H17NO. The maximum atomic E-state index is 9.16. The molecular weight excluding hydrogens is 162 g/mol. The summed E-state index contributed by atoms with van der Waals surface area (Å²) in [5, 5.41) is 9.16. The van der Waals surface area contributed by atoms with Crippen LogP contribution in [0.1, 0.15) is 18.1 Å². The first-order valence-electron chi connectivity index (χ1n) is 4.68. The first kappa shape index (κ1) is 10.2. The third-order valence-electron chi connectivity index (χ3n) is 1.99. The van der Waals surface area contributed by atoms with Crippen LogP contribution in [0.2, 0.25) is 0 Å². The van der Waals surface area contributed by atoms with Gasteiger partial charge in [0.25, 0.3) is 0 Å². The summed E-state index contributed by atoms with van der Waals surface area (Å²) < 4.78 is 0. The maximum absolute atomic E-state index is 9.16. The summed E-state index contributed by atoms with van der Waals surface area (Å²) in [6, 6.07) is 8.25. The number of hydrogen-bond acceptors (Lipinski definition) is 2. The molecule has 0 radical (unpaired) electrons. The quantitative estimate of drug-likeness (QED) is 0.727. The van der Waals surface area contributed by atoms with Crippen molar-refractivity contribution in [3.8, 4) is 0 Å². The van der Waals surface area contributed by atoms with Crippen LogP contribution in [0.4, 0.5) is 0 Å². The minimum atomic E-state index is -0.264. The van der Waals surface area contributed by atoms with Crippen LogP contribution in [-0.4, -0.2) is 17.8 Å². The minimum absolute atomic E-state index is 0.264. The Labute approximate surface area is 79.4 Å². The van der Waals surface area contributed by atoms with Crippen molar-refractivity contribution >= 4 is 0 Å². The fraction of sp³-hybridized carbons (Fsp3) is 0.455. The highest BCUT2D eigenvalue weighted by Gasteiger charge is 1.98. The smallest absolute Gasteiger partial charge is 0.0552 e. The molecule has 0 fully saturated rings. The van der Waals surface area contributed by atoms with Gasteiger partial charge in [-0.15, -0.1) is 0 Å². The second kappa shape index (κ2) is 5.00. The van der Waals surface area contributed by atoms with Gasteiger partial charge in [-0.05, 0) is 37.4 Å². The maximum Gasteiger partial charge on any atom is 0.0552 e. The van der Waals surface area contributed by atoms with Gasteiger partial charge in [0.2, 0.25) is 0 Å². The van der Waals surface area contributed by atoms with Crippen LogP contribution in [0, 0.1) is 0 Å². The summed E-state index contributed by atoms with van der Waals surface area (Å²) in [4.78, 5) is 0. The Balaban J connectivity index is 2.59. The molecule has 0 amide bonds. The number of nitrogens with two attached hydrogens (primary N) is 1. The van der Waals surface area contributed by atoms with E-state index in [4.69, 9.17) is 10.8 Å². The highest BCUT2D eigenvalue weighted by molar-refractivity contribution is 5.23. The van der Waals surface area contributed by atoms with Gasteiger partial charge >= 0.3 is 0 Å². The van der Waals surface area contributed by atoms with Crippen molar-refractivity contribution in [1.29, 1.82) is 0 Å². The van der Waals surface area contributed by atoms with Gasteiger partial charge < -0.3 is 10.8 Å². The van der Waals surface area contributed by atoms with Crippen LogP contribution in [0.5, 0.6) is 0 Å². The van der Waals surface area contributed by atoms with Crippen molar-refractivity contribution in [1.82, 2.24) is 0 Å². The predicted molar refractivity (Wildman–Crippen MR) is 54.6 cm³/mol. The third kappa shape index (κ3) is 3.57. The van der Waals surface area contributed by atoms with Crippen molar-refractivity contribution in [2.75, 3.05) is 6.54 Å². The van der Waals surface area contributed by atoms with E-state index in [1.54, 1.807) is 6.92 Å². The number of aliphatic hydroxyl groups is 1. The van der Waals surface area contributed by atoms with E-state index in [0.29, 0.717) is 6.54 Å². The molecule has 0 bridgehead atoms. The molecule has 1 aromatic carbocycles. The monoisotopic (exact) mass is 179 g/mol. The average molecular weight is 179 g/mol. The second-order valence-corrected chi connectivity index (χ2v) is 3.41. The Morgan fingerprint density at radius 1 is 1.23 bits per heavy atom. The fourth-order valence-corrected chi connectivity index (χ4v) is 1.35. The van der Waals surface area contributed by atoms with Gasteiger partial charge in [0.05, 0.1) is 6.10 Å². The summed E-state index contributed by atoms with van der Waals surface area (Å²) in [5.41, 5.74) is 7.88. The molecule has 1 rings (SSSR count). The van der Waals surface area contributed by atoms with E-state index >= 15 is 0 Å². The molecule has 1 aromatic rings. The zero-order chi connectivity index (χ0) is 9.68. The molecule has 72 valence electrons. The average Bonchev–Trinajstić information content (AvgIpc) is 2.08. The van der Waals surface area contributed by atoms with Gasteiger partial charge in [-0.3, -0.25) is 0 Å². The molecule has 0 aliphatic rings. The Morgan fingerprint density at radius 3 is 2.23 bits per heavy atom. The van der Waals surface area contributed by atoms with E-state index in [0.717, 1.165) is 12.8 Å². The third-order valence-corrected chi connectivity index (χ3v) is 1.99. The van der Waals surface area contributed by atoms with E-state index in [1.807, 2.05) is 0 Å². The molecule has 0 saturated heterocycles. The van der Waals surface area contributed by atoms with Crippen molar-refractivity contribution in [3.63, 3.8) is 0 Å². The van der Waals surface area contributed by atoms with Crippen molar-refractivity contribution in [3.05, 3.63) is 35.4 Å². The van der Waals surface area contributed by atoms with E-state index in [1.165, 1.54) is 11.1 Å². The lowest BCUT2D eigenvalue weighted by molar-refractivity contribution is 0.195. The normalized spacial score (nSPS) is 12.8. The SMILES string of the molecule is CC(O)Cc1ccc(CCN)cc1. The molecule has 13 heavy (non-hydrogen) atoms. The summed E-state index contributed by atoms with van der Waals surface area (Å²) in [6.45, 7) is 2.49. The largest absolute Gasteiger partial charge is 0.393 e. The van der Waals surface area contributed by atoms with Gasteiger partial charge in [0, 0.05) is 0 Å². The van der Waals surface area contributed by atoms with Gasteiger partial charge in [0.1, 0.15) is 0 Å². The van der Waals surface area contributed by atoms with Crippen LogP contribution in [0.25, 0.3) is 0 Å². The molecule has 0 heterocycles. The van der Waals surface area contributed by atoms with Crippen molar-refractivity contribution in [2.24, 2.45) is 5.73 Å². The Kier molecular flexibility index (Phi) is 3.93. The van der Waals surface area contributed by atoms with Gasteiger partial charge in [0.15, 0.2) is 0 Å². The van der Waals surface area contributed by atoms with Crippen LogP contribution in [0.15, 0.2) is 24.3 Å². The van der Waals surface area contributed by atoms with E-state index in [2.05, 4.69) is 24.3 Å². The predicted octanol–water partition coefficient (Wildman–Crippen LogP) is 1.11. The number of aliphatic hydroxyl groups excluding tert-OH is 1. The summed E-state index contributed by atoms with van der Waals surface area (Å²) >= 11 is 0. The van der Waals surface area contributed by atoms with E-state index in [-0.39, 0.29) is 6.10 Å². The Morgan fingerprint density at radius 2 is 1.77 bits per heavy atom. The number of benzene rings is 1. The van der Waals surface area contributed by atoms with E-state index < -0.39 is 0 Å². The highest BCUT2D eigenvalue weighted by atomic mass is 16.3. The molecule has 2 heteroatoms. The lowest BCUT2D eigenvalue weighted by Crippen LogP contribution is -2.05. The lowest BCUT2D eigenvalue weighted by atomic mass is 10.1. The molecule has 0 spiro atoms. The topological polar surface area (TPSA) is 46.2 Å². The van der Waals surface area contributed by atoms with Crippen LogP contribution < -0.4 is 5.73 Å². The number of hydrogen-bond donors (Lipinski definition) is 2. The minimum Gasteiger partial charge on any atom is -0.393 e. The Bertz CT molecular complexity index is 241. The highest BCUT2D eigenvalue weighted by Crippen LogP contribution is 2.06. The standard InChI is InChI=1S/C11H17NO/c1-9(13)8-11-4-2-10(3-5-11)6-7-12/h2-5,9,13H,6-8,12H2,1H3. The van der Waals surface area contributed by atoms with Crippen LogP contribution in [0.3, 0.4) is 0 Å². The zero-order valence-corrected chi connectivity index (χ0v) is 8.03. The van der Waals surface area contributed by atoms with Crippen LogP contribution in [-0.2, 0) is 12.8 Å². The summed E-state index contributed by atoms with van der Waals surface area (Å²) in [5.74, 6) is 0. The Hall–Kier alpha value is -0.860. The first-order chi connectivity index (χ1) is 6.22.